The SMILES string of the molecule is CCCn1c2c(c3ccccc31)CC(C(=O)O)CC2. The van der Waals surface area contributed by atoms with Crippen LogP contribution in [0.3, 0.4) is 0 Å². The fraction of sp³-hybridized carbons (Fsp3) is 0.438. The second-order valence-electron chi connectivity index (χ2n) is 5.37. The molecular weight excluding hydrogens is 238 g/mol. The summed E-state index contributed by atoms with van der Waals surface area (Å²) in [5.41, 5.74) is 3.89. The van der Waals surface area contributed by atoms with E-state index in [1.807, 2.05) is 6.07 Å². The molecule has 0 spiro atoms. The van der Waals surface area contributed by atoms with Crippen LogP contribution in [0, 0.1) is 5.92 Å². The summed E-state index contributed by atoms with van der Waals surface area (Å²) < 4.78 is 2.39. The molecule has 3 nitrogen and oxygen atoms in total. The highest BCUT2D eigenvalue weighted by atomic mass is 16.4. The second-order valence-corrected chi connectivity index (χ2v) is 5.37. The minimum atomic E-state index is -0.655. The third kappa shape index (κ3) is 1.93. The number of nitrogens with zero attached hydrogens (tertiary/aromatic N) is 1. The molecule has 1 heterocycles. The Labute approximate surface area is 112 Å². The molecule has 100 valence electrons. The van der Waals surface area contributed by atoms with E-state index in [4.69, 9.17) is 0 Å². The lowest BCUT2D eigenvalue weighted by molar-refractivity contribution is -0.142. The van der Waals surface area contributed by atoms with E-state index in [0.717, 1.165) is 25.8 Å². The molecule has 2 aromatic rings. The number of rotatable bonds is 3. The molecule has 0 amide bonds. The number of carbonyl (C=O) groups is 1. The van der Waals surface area contributed by atoms with Gasteiger partial charge in [-0.3, -0.25) is 4.79 Å². The number of aliphatic carboxylic acids is 1. The molecule has 0 saturated carbocycles. The average Bonchev–Trinajstić information content (AvgIpc) is 2.74. The second kappa shape index (κ2) is 4.72. The van der Waals surface area contributed by atoms with Crippen molar-refractivity contribution < 1.29 is 9.90 Å². The Balaban J connectivity index is 2.16. The fourth-order valence-corrected chi connectivity index (χ4v) is 3.29. The van der Waals surface area contributed by atoms with Crippen LogP contribution in [0.2, 0.25) is 0 Å². The van der Waals surface area contributed by atoms with Gasteiger partial charge < -0.3 is 9.67 Å². The maximum atomic E-state index is 11.2. The van der Waals surface area contributed by atoms with E-state index in [9.17, 15) is 9.90 Å². The van der Waals surface area contributed by atoms with Crippen molar-refractivity contribution in [2.45, 2.75) is 39.2 Å². The summed E-state index contributed by atoms with van der Waals surface area (Å²) in [5, 5.41) is 10.5. The van der Waals surface area contributed by atoms with Gasteiger partial charge in [0, 0.05) is 23.1 Å². The third-order valence-corrected chi connectivity index (χ3v) is 4.17. The predicted octanol–water partition coefficient (Wildman–Crippen LogP) is 3.24. The van der Waals surface area contributed by atoms with Gasteiger partial charge in [0.15, 0.2) is 0 Å². The molecule has 1 aliphatic carbocycles. The van der Waals surface area contributed by atoms with Crippen LogP contribution in [0.25, 0.3) is 10.9 Å². The smallest absolute Gasteiger partial charge is 0.306 e. The van der Waals surface area contributed by atoms with Crippen LogP contribution in [-0.2, 0) is 24.2 Å². The van der Waals surface area contributed by atoms with Crippen molar-refractivity contribution in [3.05, 3.63) is 35.5 Å². The van der Waals surface area contributed by atoms with Crippen LogP contribution in [0.1, 0.15) is 31.0 Å². The first-order chi connectivity index (χ1) is 9.22. The highest BCUT2D eigenvalue weighted by Crippen LogP contribution is 2.34. The molecule has 0 fully saturated rings. The molecule has 19 heavy (non-hydrogen) atoms. The number of aryl methyl sites for hydroxylation is 1. The lowest BCUT2D eigenvalue weighted by atomic mass is 9.86. The first-order valence-electron chi connectivity index (χ1n) is 7.04. The van der Waals surface area contributed by atoms with Gasteiger partial charge in [-0.15, -0.1) is 0 Å². The lowest BCUT2D eigenvalue weighted by Crippen LogP contribution is -2.23. The average molecular weight is 257 g/mol. The summed E-state index contributed by atoms with van der Waals surface area (Å²) in [4.78, 5) is 11.2. The van der Waals surface area contributed by atoms with Gasteiger partial charge in [0.05, 0.1) is 5.92 Å². The topological polar surface area (TPSA) is 42.2 Å². The van der Waals surface area contributed by atoms with Crippen LogP contribution in [0.15, 0.2) is 24.3 Å². The van der Waals surface area contributed by atoms with E-state index in [1.165, 1.54) is 22.2 Å². The van der Waals surface area contributed by atoms with Crippen molar-refractivity contribution in [1.82, 2.24) is 4.57 Å². The monoisotopic (exact) mass is 257 g/mol. The highest BCUT2D eigenvalue weighted by molar-refractivity contribution is 5.86. The molecule has 1 aliphatic rings. The third-order valence-electron chi connectivity index (χ3n) is 4.17. The normalized spacial score (nSPS) is 18.5. The molecule has 1 unspecified atom stereocenters. The van der Waals surface area contributed by atoms with E-state index >= 15 is 0 Å². The summed E-state index contributed by atoms with van der Waals surface area (Å²) in [6.45, 7) is 3.21. The van der Waals surface area contributed by atoms with Crippen molar-refractivity contribution >= 4 is 16.9 Å². The Morgan fingerprint density at radius 3 is 2.95 bits per heavy atom. The van der Waals surface area contributed by atoms with Crippen LogP contribution < -0.4 is 0 Å². The van der Waals surface area contributed by atoms with E-state index in [0.29, 0.717) is 6.42 Å². The van der Waals surface area contributed by atoms with Gasteiger partial charge in [-0.2, -0.15) is 0 Å². The molecule has 0 aliphatic heterocycles. The van der Waals surface area contributed by atoms with E-state index in [2.05, 4.69) is 29.7 Å². The van der Waals surface area contributed by atoms with Crippen molar-refractivity contribution in [3.8, 4) is 0 Å². The Hall–Kier alpha value is -1.77. The van der Waals surface area contributed by atoms with E-state index in [1.54, 1.807) is 0 Å². The molecule has 1 aromatic heterocycles. The number of fused-ring (bicyclic) bond motifs is 3. The number of aromatic nitrogens is 1. The molecule has 3 heteroatoms. The standard InChI is InChI=1S/C16H19NO2/c1-2-9-17-14-6-4-3-5-12(14)13-10-11(16(18)19)7-8-15(13)17/h3-6,11H,2,7-10H2,1H3,(H,18,19). The summed E-state index contributed by atoms with van der Waals surface area (Å²) in [6.07, 6.45) is 3.44. The van der Waals surface area contributed by atoms with Gasteiger partial charge in [0.25, 0.3) is 0 Å². The van der Waals surface area contributed by atoms with Crippen molar-refractivity contribution in [2.75, 3.05) is 0 Å². The Morgan fingerprint density at radius 2 is 2.21 bits per heavy atom. The van der Waals surface area contributed by atoms with Gasteiger partial charge >= 0.3 is 5.97 Å². The summed E-state index contributed by atoms with van der Waals surface area (Å²) >= 11 is 0. The highest BCUT2D eigenvalue weighted by Gasteiger charge is 2.28. The first kappa shape index (κ1) is 12.3. The van der Waals surface area contributed by atoms with Gasteiger partial charge in [-0.05, 0) is 37.3 Å². The molecule has 0 radical (unpaired) electrons. The maximum absolute atomic E-state index is 11.2. The minimum Gasteiger partial charge on any atom is -0.481 e. The van der Waals surface area contributed by atoms with Gasteiger partial charge in [-0.25, -0.2) is 0 Å². The summed E-state index contributed by atoms with van der Waals surface area (Å²) in [6, 6.07) is 8.39. The molecule has 1 N–H and O–H groups in total. The summed E-state index contributed by atoms with van der Waals surface area (Å²) in [5.74, 6) is -0.869. The van der Waals surface area contributed by atoms with Gasteiger partial charge in [-0.1, -0.05) is 25.1 Å². The first-order valence-corrected chi connectivity index (χ1v) is 7.04. The number of carboxylic acids is 1. The number of hydrogen-bond acceptors (Lipinski definition) is 1. The van der Waals surface area contributed by atoms with Gasteiger partial charge in [0.2, 0.25) is 0 Å². The molecule has 1 aromatic carbocycles. The number of hydrogen-bond donors (Lipinski definition) is 1. The van der Waals surface area contributed by atoms with Gasteiger partial charge in [0.1, 0.15) is 0 Å². The van der Waals surface area contributed by atoms with Crippen LogP contribution in [-0.4, -0.2) is 15.6 Å². The maximum Gasteiger partial charge on any atom is 0.306 e. The zero-order valence-electron chi connectivity index (χ0n) is 11.2. The van der Waals surface area contributed by atoms with E-state index in [-0.39, 0.29) is 5.92 Å². The molecular formula is C16H19NO2. The predicted molar refractivity (Wildman–Crippen MR) is 75.4 cm³/mol. The molecule has 3 rings (SSSR count). The van der Waals surface area contributed by atoms with Crippen LogP contribution in [0.5, 0.6) is 0 Å². The molecule has 0 bridgehead atoms. The fourth-order valence-electron chi connectivity index (χ4n) is 3.29. The number of benzene rings is 1. The minimum absolute atomic E-state index is 0.214. The van der Waals surface area contributed by atoms with Crippen LogP contribution in [0.4, 0.5) is 0 Å². The number of carboxylic acid groups (broad SMARTS) is 1. The quantitative estimate of drug-likeness (QED) is 0.917. The summed E-state index contributed by atoms with van der Waals surface area (Å²) in [7, 11) is 0. The molecule has 1 atom stereocenters. The molecule has 0 saturated heterocycles. The Kier molecular flexibility index (Phi) is 3.05. The zero-order valence-corrected chi connectivity index (χ0v) is 11.2. The Bertz CT molecular complexity index is 627. The van der Waals surface area contributed by atoms with Crippen LogP contribution >= 0.6 is 0 Å². The van der Waals surface area contributed by atoms with Crippen molar-refractivity contribution in [1.29, 1.82) is 0 Å². The number of para-hydroxylation sites is 1. The zero-order chi connectivity index (χ0) is 13.4. The Morgan fingerprint density at radius 1 is 1.42 bits per heavy atom. The van der Waals surface area contributed by atoms with E-state index < -0.39 is 5.97 Å². The largest absolute Gasteiger partial charge is 0.481 e. The van der Waals surface area contributed by atoms with Crippen molar-refractivity contribution in [3.63, 3.8) is 0 Å². The lowest BCUT2D eigenvalue weighted by Gasteiger charge is -2.21. The van der Waals surface area contributed by atoms with Crippen molar-refractivity contribution in [2.24, 2.45) is 5.92 Å².